The molecule has 10 heteroatoms. The molecule has 31 heavy (non-hydrogen) atoms. The van der Waals surface area contributed by atoms with Crippen molar-refractivity contribution >= 4 is 28.8 Å². The van der Waals surface area contributed by atoms with Gasteiger partial charge < -0.3 is 24.1 Å². The summed E-state index contributed by atoms with van der Waals surface area (Å²) in [5, 5.41) is 7.68. The Hall–Kier alpha value is -2.62. The van der Waals surface area contributed by atoms with Crippen LogP contribution in [0, 0.1) is 0 Å². The first-order chi connectivity index (χ1) is 15.0. The minimum atomic E-state index is -0.275. The van der Waals surface area contributed by atoms with Crippen LogP contribution >= 0.6 is 22.9 Å². The van der Waals surface area contributed by atoms with Crippen LogP contribution in [0.2, 0.25) is 5.02 Å². The summed E-state index contributed by atoms with van der Waals surface area (Å²) in [6, 6.07) is 6.84. The van der Waals surface area contributed by atoms with Crippen molar-refractivity contribution in [1.82, 2.24) is 15.5 Å². The van der Waals surface area contributed by atoms with Crippen LogP contribution in [0.1, 0.15) is 38.5 Å². The molecule has 8 nitrogen and oxygen atoms in total. The second kappa shape index (κ2) is 9.67. The van der Waals surface area contributed by atoms with Gasteiger partial charge in [0, 0.05) is 31.9 Å². The molecule has 0 spiro atoms. The van der Waals surface area contributed by atoms with E-state index in [-0.39, 0.29) is 18.1 Å². The molecule has 1 aliphatic rings. The number of carbonyl (C=O) groups excluding carboxylic acids is 1. The molecule has 0 saturated carbocycles. The van der Waals surface area contributed by atoms with E-state index < -0.39 is 0 Å². The molecule has 164 valence electrons. The number of aromatic nitrogens is 2. The van der Waals surface area contributed by atoms with Gasteiger partial charge in [-0.15, -0.1) is 0 Å². The van der Waals surface area contributed by atoms with E-state index in [0.29, 0.717) is 46.4 Å². The third-order valence-electron chi connectivity index (χ3n) is 4.68. The van der Waals surface area contributed by atoms with Gasteiger partial charge in [-0.3, -0.25) is 4.79 Å². The Bertz CT molecular complexity index is 1050. The van der Waals surface area contributed by atoms with Crippen molar-refractivity contribution < 1.29 is 23.5 Å². The highest BCUT2D eigenvalue weighted by atomic mass is 35.5. The first-order valence-electron chi connectivity index (χ1n) is 9.89. The molecule has 1 atom stereocenters. The van der Waals surface area contributed by atoms with Gasteiger partial charge in [0.25, 0.3) is 5.19 Å². The maximum atomic E-state index is 11.2. The van der Waals surface area contributed by atoms with E-state index >= 15 is 0 Å². The summed E-state index contributed by atoms with van der Waals surface area (Å²) in [5.74, 6) is 1.61. The largest absolute Gasteiger partial charge is 0.490 e. The van der Waals surface area contributed by atoms with Gasteiger partial charge in [-0.1, -0.05) is 28.1 Å². The number of ether oxygens (including phenoxy) is 3. The van der Waals surface area contributed by atoms with Crippen molar-refractivity contribution in [3.63, 3.8) is 0 Å². The van der Waals surface area contributed by atoms with Crippen molar-refractivity contribution in [2.24, 2.45) is 0 Å². The highest BCUT2D eigenvalue weighted by Gasteiger charge is 2.18. The van der Waals surface area contributed by atoms with E-state index in [2.05, 4.69) is 15.5 Å². The number of benzene rings is 1. The summed E-state index contributed by atoms with van der Waals surface area (Å²) in [7, 11) is 0. The van der Waals surface area contributed by atoms with Crippen molar-refractivity contribution in [3.8, 4) is 27.3 Å². The number of nitrogens with one attached hydrogen (secondary N) is 1. The molecule has 3 heterocycles. The van der Waals surface area contributed by atoms with Crippen molar-refractivity contribution in [1.29, 1.82) is 0 Å². The van der Waals surface area contributed by atoms with Crippen LogP contribution in [0.3, 0.4) is 0 Å². The lowest BCUT2D eigenvalue weighted by Gasteiger charge is -2.23. The van der Waals surface area contributed by atoms with E-state index in [4.69, 9.17) is 30.3 Å². The number of rotatable bonds is 7. The Balaban J connectivity index is 1.40. The van der Waals surface area contributed by atoms with Gasteiger partial charge in [0.2, 0.25) is 5.91 Å². The molecule has 1 aliphatic heterocycles. The number of thiazole rings is 1. The van der Waals surface area contributed by atoms with Crippen LogP contribution < -0.4 is 14.8 Å². The molecular weight excluding hydrogens is 442 g/mol. The highest BCUT2D eigenvalue weighted by molar-refractivity contribution is 7.16. The minimum absolute atomic E-state index is 0.138. The number of nitrogens with zero attached hydrogens (tertiary/aromatic N) is 2. The SMILES string of the molecule is CC(=O)NC(C)c1cc(-c2cnc(Oc3ccc(OC4CCOCC4)cc3Cl)s2)no1. The van der Waals surface area contributed by atoms with Crippen LogP contribution in [0.4, 0.5) is 0 Å². The maximum Gasteiger partial charge on any atom is 0.279 e. The zero-order valence-electron chi connectivity index (χ0n) is 17.1. The Morgan fingerprint density at radius 2 is 2.13 bits per heavy atom. The number of hydrogen-bond donors (Lipinski definition) is 1. The molecule has 1 saturated heterocycles. The van der Waals surface area contributed by atoms with Gasteiger partial charge in [-0.2, -0.15) is 0 Å². The van der Waals surface area contributed by atoms with Gasteiger partial charge >= 0.3 is 0 Å². The Labute approximate surface area is 188 Å². The van der Waals surface area contributed by atoms with E-state index in [9.17, 15) is 4.79 Å². The maximum absolute atomic E-state index is 11.2. The molecule has 2 aromatic heterocycles. The van der Waals surface area contributed by atoms with E-state index in [1.807, 2.05) is 13.0 Å². The molecule has 1 amide bonds. The summed E-state index contributed by atoms with van der Waals surface area (Å²) < 4.78 is 22.5. The van der Waals surface area contributed by atoms with Crippen molar-refractivity contribution in [2.75, 3.05) is 13.2 Å². The zero-order chi connectivity index (χ0) is 21.8. The monoisotopic (exact) mass is 463 g/mol. The van der Waals surface area contributed by atoms with Crippen LogP contribution in [0.5, 0.6) is 16.7 Å². The number of amides is 1. The van der Waals surface area contributed by atoms with Crippen LogP contribution in [-0.2, 0) is 9.53 Å². The van der Waals surface area contributed by atoms with Crippen molar-refractivity contribution in [2.45, 2.75) is 38.8 Å². The van der Waals surface area contributed by atoms with Gasteiger partial charge in [-0.05, 0) is 19.1 Å². The van der Waals surface area contributed by atoms with Crippen LogP contribution in [0.15, 0.2) is 35.0 Å². The summed E-state index contributed by atoms with van der Waals surface area (Å²) >= 11 is 7.70. The Kier molecular flexibility index (Phi) is 6.74. The molecule has 1 aromatic carbocycles. The molecule has 0 bridgehead atoms. The van der Waals surface area contributed by atoms with E-state index in [1.165, 1.54) is 18.3 Å². The van der Waals surface area contributed by atoms with Gasteiger partial charge in [-0.25, -0.2) is 4.98 Å². The molecule has 3 aromatic rings. The van der Waals surface area contributed by atoms with Crippen molar-refractivity contribution in [3.05, 3.63) is 41.2 Å². The number of halogens is 1. The number of carbonyl (C=O) groups is 1. The van der Waals surface area contributed by atoms with E-state index in [1.54, 1.807) is 24.4 Å². The second-order valence-corrected chi connectivity index (χ2v) is 8.55. The predicted octanol–water partition coefficient (Wildman–Crippen LogP) is 5.00. The lowest BCUT2D eigenvalue weighted by molar-refractivity contribution is -0.119. The molecular formula is C21H22ClN3O5S. The summed E-state index contributed by atoms with van der Waals surface area (Å²) in [4.78, 5) is 16.3. The van der Waals surface area contributed by atoms with Gasteiger partial charge in [0.1, 0.15) is 23.3 Å². The average molecular weight is 464 g/mol. The zero-order valence-corrected chi connectivity index (χ0v) is 18.7. The Morgan fingerprint density at radius 3 is 2.87 bits per heavy atom. The molecule has 1 unspecified atom stereocenters. The summed E-state index contributed by atoms with van der Waals surface area (Å²) in [6.07, 6.45) is 3.52. The first kappa shape index (κ1) is 21.6. The third-order valence-corrected chi connectivity index (χ3v) is 5.88. The van der Waals surface area contributed by atoms with Gasteiger partial charge in [0.15, 0.2) is 5.76 Å². The lowest BCUT2D eigenvalue weighted by Crippen LogP contribution is -2.25. The number of hydrogen-bond acceptors (Lipinski definition) is 8. The van der Waals surface area contributed by atoms with Gasteiger partial charge in [0.05, 0.1) is 35.4 Å². The summed E-state index contributed by atoms with van der Waals surface area (Å²) in [5.41, 5.74) is 0.617. The summed E-state index contributed by atoms with van der Waals surface area (Å²) in [6.45, 7) is 4.70. The quantitative estimate of drug-likeness (QED) is 0.526. The topological polar surface area (TPSA) is 95.7 Å². The fraction of sp³-hybridized carbons (Fsp3) is 0.381. The smallest absolute Gasteiger partial charge is 0.279 e. The molecule has 1 fully saturated rings. The predicted molar refractivity (Wildman–Crippen MR) is 116 cm³/mol. The minimum Gasteiger partial charge on any atom is -0.490 e. The fourth-order valence-corrected chi connectivity index (χ4v) is 4.07. The second-order valence-electron chi connectivity index (χ2n) is 7.15. The molecule has 1 N–H and O–H groups in total. The fourth-order valence-electron chi connectivity index (χ4n) is 3.13. The third kappa shape index (κ3) is 5.55. The van der Waals surface area contributed by atoms with Crippen LogP contribution in [0.25, 0.3) is 10.6 Å². The standard InChI is InChI=1S/C21H22ClN3O5S/c1-12(24-13(2)26)19-10-17(25-30-19)20-11-23-21(31-20)29-18-4-3-15(9-16(18)22)28-14-5-7-27-8-6-14/h3-4,9-12,14H,5-8H2,1-2H3,(H,24,26). The Morgan fingerprint density at radius 1 is 1.32 bits per heavy atom. The van der Waals surface area contributed by atoms with E-state index in [0.717, 1.165) is 17.7 Å². The van der Waals surface area contributed by atoms with Crippen LogP contribution in [-0.4, -0.2) is 35.4 Å². The molecule has 4 rings (SSSR count). The molecule has 0 radical (unpaired) electrons. The molecule has 0 aliphatic carbocycles. The normalized spacial score (nSPS) is 15.5. The lowest BCUT2D eigenvalue weighted by atomic mass is 10.1. The first-order valence-corrected chi connectivity index (χ1v) is 11.1. The average Bonchev–Trinajstić information content (AvgIpc) is 3.40. The highest BCUT2D eigenvalue weighted by Crippen LogP contribution is 2.37.